The molecular formula is C20H30O. The first-order valence-electron chi connectivity index (χ1n) is 8.76. The Labute approximate surface area is 129 Å². The van der Waals surface area contributed by atoms with Crippen LogP contribution >= 0.6 is 0 Å². The Balaban J connectivity index is 1.98. The maximum atomic E-state index is 11.7. The molecule has 5 unspecified atom stereocenters. The quantitative estimate of drug-likeness (QED) is 0.505. The fourth-order valence-electron chi connectivity index (χ4n) is 5.54. The van der Waals surface area contributed by atoms with E-state index in [1.165, 1.54) is 32.0 Å². The number of hydrogen-bond acceptors (Lipinski definition) is 1. The van der Waals surface area contributed by atoms with Gasteiger partial charge in [-0.1, -0.05) is 57.9 Å². The number of rotatable bonds is 2. The van der Waals surface area contributed by atoms with Crippen LogP contribution in [-0.4, -0.2) is 6.29 Å². The topological polar surface area (TPSA) is 17.1 Å². The highest BCUT2D eigenvalue weighted by atomic mass is 16.1. The molecule has 0 amide bonds. The van der Waals surface area contributed by atoms with Crippen molar-refractivity contribution >= 4 is 6.29 Å². The smallest absolute Gasteiger partial charge is 0.126 e. The Morgan fingerprint density at radius 1 is 1.24 bits per heavy atom. The van der Waals surface area contributed by atoms with Gasteiger partial charge in [-0.2, -0.15) is 0 Å². The van der Waals surface area contributed by atoms with E-state index in [9.17, 15) is 4.79 Å². The van der Waals surface area contributed by atoms with Crippen molar-refractivity contribution in [2.24, 2.45) is 34.5 Å². The molecule has 0 radical (unpaired) electrons. The Kier molecular flexibility index (Phi) is 3.66. The van der Waals surface area contributed by atoms with Gasteiger partial charge in [-0.25, -0.2) is 0 Å². The lowest BCUT2D eigenvalue weighted by Crippen LogP contribution is -2.51. The van der Waals surface area contributed by atoms with Crippen molar-refractivity contribution in [3.63, 3.8) is 0 Å². The molecule has 3 aliphatic carbocycles. The summed E-state index contributed by atoms with van der Waals surface area (Å²) >= 11 is 0. The van der Waals surface area contributed by atoms with Gasteiger partial charge in [-0.15, -0.1) is 0 Å². The lowest BCUT2D eigenvalue weighted by atomic mass is 9.47. The van der Waals surface area contributed by atoms with E-state index in [1.807, 2.05) is 0 Å². The van der Waals surface area contributed by atoms with Gasteiger partial charge in [0.1, 0.15) is 6.29 Å². The number of fused-ring (bicyclic) bond motifs is 3. The Morgan fingerprint density at radius 3 is 2.67 bits per heavy atom. The van der Waals surface area contributed by atoms with Crippen LogP contribution in [0.1, 0.15) is 59.8 Å². The molecule has 0 bridgehead atoms. The molecule has 0 aromatic rings. The Bertz CT molecular complexity index is 486. The van der Waals surface area contributed by atoms with Gasteiger partial charge < -0.3 is 4.79 Å². The van der Waals surface area contributed by atoms with E-state index in [0.717, 1.165) is 12.3 Å². The summed E-state index contributed by atoms with van der Waals surface area (Å²) in [5, 5.41) is 0. The van der Waals surface area contributed by atoms with E-state index in [4.69, 9.17) is 0 Å². The summed E-state index contributed by atoms with van der Waals surface area (Å²) in [4.78, 5) is 11.7. The van der Waals surface area contributed by atoms with Crippen LogP contribution < -0.4 is 0 Å². The van der Waals surface area contributed by atoms with Crippen LogP contribution in [0.15, 0.2) is 23.8 Å². The van der Waals surface area contributed by atoms with E-state index in [-0.39, 0.29) is 5.41 Å². The number of carbonyl (C=O) groups excluding carboxylic acids is 1. The Hall–Kier alpha value is -0.850. The largest absolute Gasteiger partial charge is 0.303 e. The summed E-state index contributed by atoms with van der Waals surface area (Å²) in [5.74, 6) is 2.45. The molecule has 0 N–H and O–H groups in total. The van der Waals surface area contributed by atoms with Gasteiger partial charge in [0.25, 0.3) is 0 Å². The monoisotopic (exact) mass is 286 g/mol. The van der Waals surface area contributed by atoms with Crippen molar-refractivity contribution in [3.05, 3.63) is 23.8 Å². The highest BCUT2D eigenvalue weighted by Gasteiger charge is 2.54. The molecule has 0 aliphatic heterocycles. The highest BCUT2D eigenvalue weighted by Crippen LogP contribution is 2.60. The maximum absolute atomic E-state index is 11.7. The summed E-state index contributed by atoms with van der Waals surface area (Å²) in [7, 11) is 0. The molecule has 0 saturated heterocycles. The molecule has 5 atom stereocenters. The van der Waals surface area contributed by atoms with Gasteiger partial charge in [0.15, 0.2) is 0 Å². The highest BCUT2D eigenvalue weighted by molar-refractivity contribution is 5.61. The average Bonchev–Trinajstić information content (AvgIpc) is 2.46. The number of aldehydes is 1. The third-order valence-electron chi connectivity index (χ3n) is 6.85. The van der Waals surface area contributed by atoms with Gasteiger partial charge in [0.05, 0.1) is 0 Å². The molecule has 0 heterocycles. The molecular weight excluding hydrogens is 256 g/mol. The summed E-state index contributed by atoms with van der Waals surface area (Å²) in [6.07, 6.45) is 14.7. The van der Waals surface area contributed by atoms with Crippen LogP contribution in [-0.2, 0) is 4.79 Å². The molecule has 1 saturated carbocycles. The maximum Gasteiger partial charge on any atom is 0.126 e. The van der Waals surface area contributed by atoms with Crippen LogP contribution in [0.4, 0.5) is 0 Å². The third kappa shape index (κ3) is 2.24. The summed E-state index contributed by atoms with van der Waals surface area (Å²) in [5.41, 5.74) is 1.81. The lowest BCUT2D eigenvalue weighted by Gasteiger charge is -2.57. The van der Waals surface area contributed by atoms with Crippen molar-refractivity contribution in [2.45, 2.75) is 59.8 Å². The lowest BCUT2D eigenvalue weighted by molar-refractivity contribution is -0.126. The van der Waals surface area contributed by atoms with Crippen LogP contribution in [0.5, 0.6) is 0 Å². The van der Waals surface area contributed by atoms with E-state index >= 15 is 0 Å². The first-order chi connectivity index (χ1) is 9.90. The minimum atomic E-state index is -0.142. The zero-order chi connectivity index (χ0) is 15.3. The SMILES string of the molecule is CC(C)C1=CC2C=CC3C(C)(C=O)CCCC3(C)C2CC1. The third-order valence-corrected chi connectivity index (χ3v) is 6.85. The second-order valence-corrected chi connectivity index (χ2v) is 8.46. The first-order valence-corrected chi connectivity index (χ1v) is 8.76. The van der Waals surface area contributed by atoms with Crippen LogP contribution in [0.25, 0.3) is 0 Å². The normalized spacial score (nSPS) is 45.8. The molecule has 0 spiro atoms. The molecule has 0 aromatic heterocycles. The minimum absolute atomic E-state index is 0.142. The molecule has 3 aliphatic rings. The molecule has 116 valence electrons. The van der Waals surface area contributed by atoms with E-state index < -0.39 is 0 Å². The van der Waals surface area contributed by atoms with Crippen LogP contribution in [0.2, 0.25) is 0 Å². The molecule has 1 nitrogen and oxygen atoms in total. The van der Waals surface area contributed by atoms with Crippen molar-refractivity contribution in [1.82, 2.24) is 0 Å². The predicted molar refractivity (Wildman–Crippen MR) is 87.9 cm³/mol. The summed E-state index contributed by atoms with van der Waals surface area (Å²) in [6, 6.07) is 0. The second kappa shape index (κ2) is 5.11. The van der Waals surface area contributed by atoms with Crippen molar-refractivity contribution in [2.75, 3.05) is 0 Å². The second-order valence-electron chi connectivity index (χ2n) is 8.46. The molecule has 1 fully saturated rings. The van der Waals surface area contributed by atoms with Gasteiger partial charge in [0.2, 0.25) is 0 Å². The van der Waals surface area contributed by atoms with Crippen LogP contribution in [0, 0.1) is 34.5 Å². The van der Waals surface area contributed by atoms with Gasteiger partial charge in [0, 0.05) is 5.41 Å². The van der Waals surface area contributed by atoms with Gasteiger partial charge in [-0.3, -0.25) is 0 Å². The molecule has 1 heteroatoms. The first kappa shape index (κ1) is 15.1. The Morgan fingerprint density at radius 2 is 2.00 bits per heavy atom. The summed E-state index contributed by atoms with van der Waals surface area (Å²) in [6.45, 7) is 9.28. The van der Waals surface area contributed by atoms with Gasteiger partial charge in [-0.05, 0) is 54.8 Å². The predicted octanol–water partition coefficient (Wildman–Crippen LogP) is 5.18. The van der Waals surface area contributed by atoms with E-state index in [0.29, 0.717) is 23.2 Å². The summed E-state index contributed by atoms with van der Waals surface area (Å²) < 4.78 is 0. The minimum Gasteiger partial charge on any atom is -0.303 e. The number of hydrogen-bond donors (Lipinski definition) is 0. The zero-order valence-corrected chi connectivity index (χ0v) is 14.1. The average molecular weight is 286 g/mol. The fourth-order valence-corrected chi connectivity index (χ4v) is 5.54. The van der Waals surface area contributed by atoms with Crippen LogP contribution in [0.3, 0.4) is 0 Å². The molecule has 21 heavy (non-hydrogen) atoms. The standard InChI is InChI=1S/C20H30O/c1-14(2)15-6-8-17-16(12-15)7-9-18-19(3,13-21)10-5-11-20(17,18)4/h7,9,12-14,16-18H,5-6,8,10-11H2,1-4H3. The van der Waals surface area contributed by atoms with E-state index in [1.54, 1.807) is 5.57 Å². The van der Waals surface area contributed by atoms with E-state index in [2.05, 4.69) is 45.9 Å². The molecule has 3 rings (SSSR count). The fraction of sp³-hybridized carbons (Fsp3) is 0.750. The number of carbonyl (C=O) groups is 1. The number of allylic oxidation sites excluding steroid dienone is 4. The zero-order valence-electron chi connectivity index (χ0n) is 14.1. The van der Waals surface area contributed by atoms with Crippen molar-refractivity contribution < 1.29 is 4.79 Å². The van der Waals surface area contributed by atoms with Gasteiger partial charge >= 0.3 is 0 Å². The molecule has 0 aromatic carbocycles. The van der Waals surface area contributed by atoms with Crippen molar-refractivity contribution in [3.8, 4) is 0 Å². The van der Waals surface area contributed by atoms with Crippen molar-refractivity contribution in [1.29, 1.82) is 0 Å².